The van der Waals surface area contributed by atoms with Crippen LogP contribution in [-0.4, -0.2) is 44.3 Å². The molecule has 7 nitrogen and oxygen atoms in total. The normalized spacial score (nSPS) is 12.5. The minimum atomic E-state index is -3.69. The summed E-state index contributed by atoms with van der Waals surface area (Å²) in [4.78, 5) is 25.3. The highest BCUT2D eigenvalue weighted by Crippen LogP contribution is 2.09. The Bertz CT molecular complexity index is 686. The zero-order valence-corrected chi connectivity index (χ0v) is 15.8. The predicted molar refractivity (Wildman–Crippen MR) is 96.3 cm³/mol. The van der Waals surface area contributed by atoms with Crippen LogP contribution in [0.3, 0.4) is 0 Å². The molecule has 2 amide bonds. The molecule has 140 valence electrons. The quantitative estimate of drug-likeness (QED) is 0.677. The maximum atomic E-state index is 11.9. The van der Waals surface area contributed by atoms with Crippen LogP contribution in [0.25, 0.3) is 0 Å². The topological polar surface area (TPSA) is 110 Å². The fourth-order valence-electron chi connectivity index (χ4n) is 2.41. The second-order valence-electron chi connectivity index (χ2n) is 6.01. The number of nitrogens with one attached hydrogen (secondary N) is 1. The molecule has 0 aliphatic heterocycles. The summed E-state index contributed by atoms with van der Waals surface area (Å²) < 4.78 is 22.4. The van der Waals surface area contributed by atoms with E-state index in [1.807, 2.05) is 13.8 Å². The van der Waals surface area contributed by atoms with Gasteiger partial charge < -0.3 is 10.2 Å². The van der Waals surface area contributed by atoms with Gasteiger partial charge in [0.2, 0.25) is 21.8 Å². The fraction of sp³-hybridized carbons (Fsp3) is 0.529. The van der Waals surface area contributed by atoms with Crippen molar-refractivity contribution in [2.24, 2.45) is 5.14 Å². The van der Waals surface area contributed by atoms with Crippen molar-refractivity contribution < 1.29 is 18.0 Å². The molecule has 1 rings (SSSR count). The first-order valence-corrected chi connectivity index (χ1v) is 9.85. The van der Waals surface area contributed by atoms with Crippen molar-refractivity contribution in [1.82, 2.24) is 10.2 Å². The van der Waals surface area contributed by atoms with Crippen LogP contribution in [0.2, 0.25) is 0 Å². The van der Waals surface area contributed by atoms with E-state index in [0.29, 0.717) is 19.5 Å². The van der Waals surface area contributed by atoms with E-state index >= 15 is 0 Å². The third kappa shape index (κ3) is 7.23. The van der Waals surface area contributed by atoms with E-state index in [9.17, 15) is 18.0 Å². The number of nitrogens with two attached hydrogens (primary N) is 1. The average Bonchev–Trinajstić information content (AvgIpc) is 2.54. The number of carbonyl (C=O) groups excluding carboxylic acids is 2. The zero-order chi connectivity index (χ0) is 19.0. The van der Waals surface area contributed by atoms with Crippen LogP contribution in [0.5, 0.6) is 0 Å². The minimum absolute atomic E-state index is 0.0305. The monoisotopic (exact) mass is 369 g/mol. The number of amides is 2. The van der Waals surface area contributed by atoms with Gasteiger partial charge >= 0.3 is 0 Å². The van der Waals surface area contributed by atoms with E-state index in [0.717, 1.165) is 12.0 Å². The lowest BCUT2D eigenvalue weighted by Crippen LogP contribution is -2.39. The van der Waals surface area contributed by atoms with E-state index in [2.05, 4.69) is 5.32 Å². The molecule has 0 fully saturated rings. The second kappa shape index (κ2) is 9.53. The molecule has 0 aliphatic rings. The Morgan fingerprint density at radius 1 is 1.24 bits per heavy atom. The highest BCUT2D eigenvalue weighted by Gasteiger charge is 2.16. The standard InChI is InChI=1S/C17H27N3O4S/c1-4-13(2)20(14(3)21)12-10-17(22)19-11-9-15-5-7-16(8-6-15)25(18,23)24/h5-8,13H,4,9-12H2,1-3H3,(H,19,22)(H2,18,23,24). The van der Waals surface area contributed by atoms with Gasteiger partial charge in [0.05, 0.1) is 4.90 Å². The van der Waals surface area contributed by atoms with Gasteiger partial charge in [-0.15, -0.1) is 0 Å². The summed E-state index contributed by atoms with van der Waals surface area (Å²) in [7, 11) is -3.69. The third-order valence-corrected chi connectivity index (χ3v) is 5.02. The number of rotatable bonds is 9. The van der Waals surface area contributed by atoms with Crippen molar-refractivity contribution in [3.8, 4) is 0 Å². The maximum Gasteiger partial charge on any atom is 0.238 e. The van der Waals surface area contributed by atoms with Crippen LogP contribution in [0.4, 0.5) is 0 Å². The summed E-state index contributed by atoms with van der Waals surface area (Å²) >= 11 is 0. The molecule has 0 bridgehead atoms. The average molecular weight is 369 g/mol. The lowest BCUT2D eigenvalue weighted by atomic mass is 10.1. The Morgan fingerprint density at radius 3 is 2.32 bits per heavy atom. The number of hydrogen-bond donors (Lipinski definition) is 2. The number of primary sulfonamides is 1. The van der Waals surface area contributed by atoms with Gasteiger partial charge in [0.25, 0.3) is 0 Å². The number of carbonyl (C=O) groups is 2. The van der Waals surface area contributed by atoms with Crippen molar-refractivity contribution in [2.45, 2.75) is 51.0 Å². The molecule has 25 heavy (non-hydrogen) atoms. The SMILES string of the molecule is CCC(C)N(CCC(=O)NCCc1ccc(S(N)(=O)=O)cc1)C(C)=O. The van der Waals surface area contributed by atoms with Crippen LogP contribution in [0.1, 0.15) is 39.2 Å². The summed E-state index contributed by atoms with van der Waals surface area (Å²) in [5, 5.41) is 7.85. The molecule has 0 saturated heterocycles. The number of benzene rings is 1. The Hall–Kier alpha value is -1.93. The van der Waals surface area contributed by atoms with Crippen molar-refractivity contribution in [3.63, 3.8) is 0 Å². The summed E-state index contributed by atoms with van der Waals surface area (Å²) in [5.74, 6) is -0.146. The fourth-order valence-corrected chi connectivity index (χ4v) is 2.93. The number of nitrogens with zero attached hydrogens (tertiary/aromatic N) is 1. The van der Waals surface area contributed by atoms with E-state index in [4.69, 9.17) is 5.14 Å². The highest BCUT2D eigenvalue weighted by molar-refractivity contribution is 7.89. The van der Waals surface area contributed by atoms with Gasteiger partial charge in [-0.2, -0.15) is 0 Å². The van der Waals surface area contributed by atoms with Crippen LogP contribution in [0.15, 0.2) is 29.2 Å². The van der Waals surface area contributed by atoms with Crippen LogP contribution in [0, 0.1) is 0 Å². The van der Waals surface area contributed by atoms with Crippen molar-refractivity contribution >= 4 is 21.8 Å². The first kappa shape index (κ1) is 21.1. The third-order valence-electron chi connectivity index (χ3n) is 4.09. The minimum Gasteiger partial charge on any atom is -0.356 e. The van der Waals surface area contributed by atoms with Gasteiger partial charge in [0.15, 0.2) is 0 Å². The molecule has 0 spiro atoms. The van der Waals surface area contributed by atoms with E-state index in [1.54, 1.807) is 17.0 Å². The molecule has 1 aromatic carbocycles. The lowest BCUT2D eigenvalue weighted by molar-refractivity contribution is -0.131. The molecule has 8 heteroatoms. The second-order valence-corrected chi connectivity index (χ2v) is 7.57. The summed E-state index contributed by atoms with van der Waals surface area (Å²) in [6, 6.07) is 6.35. The Labute approximate surface area is 149 Å². The first-order chi connectivity index (χ1) is 11.6. The summed E-state index contributed by atoms with van der Waals surface area (Å²) in [5.41, 5.74) is 0.901. The van der Waals surface area contributed by atoms with E-state index < -0.39 is 10.0 Å². The Morgan fingerprint density at radius 2 is 1.84 bits per heavy atom. The van der Waals surface area contributed by atoms with Crippen LogP contribution >= 0.6 is 0 Å². The largest absolute Gasteiger partial charge is 0.356 e. The van der Waals surface area contributed by atoms with Crippen molar-refractivity contribution in [1.29, 1.82) is 0 Å². The van der Waals surface area contributed by atoms with E-state index in [1.165, 1.54) is 19.1 Å². The lowest BCUT2D eigenvalue weighted by Gasteiger charge is -2.27. The van der Waals surface area contributed by atoms with Gasteiger partial charge in [-0.25, -0.2) is 13.6 Å². The molecule has 0 saturated carbocycles. The smallest absolute Gasteiger partial charge is 0.238 e. The van der Waals surface area contributed by atoms with Crippen molar-refractivity contribution in [2.75, 3.05) is 13.1 Å². The van der Waals surface area contributed by atoms with Gasteiger partial charge in [-0.1, -0.05) is 19.1 Å². The Kier molecular flexibility index (Phi) is 8.05. The Balaban J connectivity index is 2.40. The molecular weight excluding hydrogens is 342 g/mol. The summed E-state index contributed by atoms with van der Waals surface area (Å²) in [6.45, 7) is 6.32. The molecule has 0 radical (unpaired) electrons. The molecule has 1 aromatic rings. The molecule has 1 unspecified atom stereocenters. The van der Waals surface area contributed by atoms with Gasteiger partial charge in [0.1, 0.15) is 0 Å². The van der Waals surface area contributed by atoms with Crippen molar-refractivity contribution in [3.05, 3.63) is 29.8 Å². The highest BCUT2D eigenvalue weighted by atomic mass is 32.2. The molecule has 1 atom stereocenters. The van der Waals surface area contributed by atoms with Gasteiger partial charge in [-0.3, -0.25) is 9.59 Å². The number of hydrogen-bond acceptors (Lipinski definition) is 4. The van der Waals surface area contributed by atoms with Crippen LogP contribution in [-0.2, 0) is 26.0 Å². The predicted octanol–water partition coefficient (Wildman–Crippen LogP) is 1.03. The molecule has 0 heterocycles. The van der Waals surface area contributed by atoms with Gasteiger partial charge in [-0.05, 0) is 37.5 Å². The molecule has 3 N–H and O–H groups in total. The molecule has 0 aliphatic carbocycles. The zero-order valence-electron chi connectivity index (χ0n) is 15.0. The molecular formula is C17H27N3O4S. The van der Waals surface area contributed by atoms with Gasteiger partial charge in [0, 0.05) is 32.5 Å². The molecule has 0 aromatic heterocycles. The maximum absolute atomic E-state index is 11.9. The van der Waals surface area contributed by atoms with Crippen LogP contribution < -0.4 is 10.5 Å². The van der Waals surface area contributed by atoms with E-state index in [-0.39, 0.29) is 29.2 Å². The summed E-state index contributed by atoms with van der Waals surface area (Å²) in [6.07, 6.45) is 1.68. The number of sulfonamides is 1. The first-order valence-electron chi connectivity index (χ1n) is 8.30.